The van der Waals surface area contributed by atoms with Crippen molar-refractivity contribution in [1.29, 1.82) is 0 Å². The van der Waals surface area contributed by atoms with Crippen LogP contribution < -0.4 is 15.4 Å². The van der Waals surface area contributed by atoms with E-state index in [9.17, 15) is 19.5 Å². The van der Waals surface area contributed by atoms with Gasteiger partial charge in [-0.1, -0.05) is 45.2 Å². The van der Waals surface area contributed by atoms with Gasteiger partial charge >= 0.3 is 12.1 Å². The molecular formula is C30H38N6O6. The normalized spacial score (nSPS) is 27.5. The summed E-state index contributed by atoms with van der Waals surface area (Å²) in [6.07, 6.45) is 7.53. The van der Waals surface area contributed by atoms with Gasteiger partial charge in [0, 0.05) is 23.6 Å². The van der Waals surface area contributed by atoms with Crippen LogP contribution in [0.3, 0.4) is 0 Å². The number of carbonyl (C=O) groups excluding carboxylic acids is 2. The number of aromatic nitrogens is 4. The highest BCUT2D eigenvalue weighted by Crippen LogP contribution is 2.38. The summed E-state index contributed by atoms with van der Waals surface area (Å²) in [6, 6.07) is 5.20. The molecule has 2 aliphatic heterocycles. The van der Waals surface area contributed by atoms with Crippen LogP contribution in [-0.2, 0) is 20.7 Å². The Balaban J connectivity index is 1.33. The highest BCUT2D eigenvalue weighted by molar-refractivity contribution is 5.97. The van der Waals surface area contributed by atoms with Crippen molar-refractivity contribution in [3.63, 3.8) is 0 Å². The van der Waals surface area contributed by atoms with Gasteiger partial charge in [0.1, 0.15) is 24.0 Å². The number of carbonyl (C=O) groups is 3. The van der Waals surface area contributed by atoms with E-state index in [1.54, 1.807) is 4.52 Å². The maximum atomic E-state index is 13.6. The first kappa shape index (κ1) is 28.2. The van der Waals surface area contributed by atoms with E-state index in [-0.39, 0.29) is 30.8 Å². The Hall–Kier alpha value is -3.96. The third-order valence-electron chi connectivity index (χ3n) is 9.08. The molecule has 2 aromatic heterocycles. The highest BCUT2D eigenvalue weighted by atomic mass is 16.5. The van der Waals surface area contributed by atoms with E-state index in [0.29, 0.717) is 11.5 Å². The summed E-state index contributed by atoms with van der Waals surface area (Å²) in [7, 11) is 0. The standard InChI is InChI=1S/C30H38N6O6/c1-29(2)12-6-7-18-10-11-21-22(13-18)26(35-36-17-31-34-24(21)36)42-20-14-30(15-20,27(38)39)33-25(37)23(32-28(40)41-16-29)19-8-4-3-5-9-19/h10-11,13,17,19-20,23H,3-9,12,14-16H2,1-2H3,(H,32,40)(H,33,37)(H,38,39)/t20?,23-,30?/m0/s1. The van der Waals surface area contributed by atoms with Gasteiger partial charge in [-0.25, -0.2) is 9.59 Å². The van der Waals surface area contributed by atoms with Crippen molar-refractivity contribution in [2.24, 2.45) is 11.3 Å². The van der Waals surface area contributed by atoms with Crippen LogP contribution in [-0.4, -0.2) is 67.2 Å². The van der Waals surface area contributed by atoms with Gasteiger partial charge in [-0.15, -0.1) is 15.3 Å². The van der Waals surface area contributed by atoms with Gasteiger partial charge in [0.05, 0.1) is 6.61 Å². The number of hydrogen-bond donors (Lipinski definition) is 3. The van der Waals surface area contributed by atoms with Crippen molar-refractivity contribution in [2.45, 2.75) is 95.7 Å². The van der Waals surface area contributed by atoms with Gasteiger partial charge in [-0.2, -0.15) is 4.52 Å². The molecule has 3 aromatic rings. The number of alkyl carbamates (subject to hydrolysis) is 1. The smallest absolute Gasteiger partial charge is 0.407 e. The number of hydrogen-bond acceptors (Lipinski definition) is 8. The zero-order chi connectivity index (χ0) is 29.5. The zero-order valence-electron chi connectivity index (χ0n) is 24.1. The van der Waals surface area contributed by atoms with Crippen molar-refractivity contribution >= 4 is 34.4 Å². The first-order chi connectivity index (χ1) is 20.1. The van der Waals surface area contributed by atoms with Gasteiger partial charge in [-0.3, -0.25) is 4.79 Å². The molecule has 0 saturated heterocycles. The third kappa shape index (κ3) is 5.58. The van der Waals surface area contributed by atoms with E-state index >= 15 is 0 Å². The average molecular weight is 579 g/mol. The number of ether oxygens (including phenoxy) is 2. The molecule has 224 valence electrons. The molecule has 12 nitrogen and oxygen atoms in total. The Kier molecular flexibility index (Phi) is 7.40. The average Bonchev–Trinajstić information content (AvgIpc) is 3.42. The van der Waals surface area contributed by atoms with Gasteiger partial charge in [0.15, 0.2) is 5.65 Å². The second-order valence-corrected chi connectivity index (χ2v) is 12.9. The molecule has 7 rings (SSSR count). The Labute approximate surface area is 243 Å². The molecule has 4 bridgehead atoms. The van der Waals surface area contributed by atoms with Crippen LogP contribution in [0, 0.1) is 11.3 Å². The Morgan fingerprint density at radius 2 is 1.88 bits per heavy atom. The minimum Gasteiger partial charge on any atom is -0.480 e. The number of nitrogens with zero attached hydrogens (tertiary/aromatic N) is 4. The fourth-order valence-corrected chi connectivity index (χ4v) is 6.58. The number of amides is 2. The molecule has 0 radical (unpaired) electrons. The Bertz CT molecular complexity index is 1510. The quantitative estimate of drug-likeness (QED) is 0.411. The van der Waals surface area contributed by atoms with Crippen LogP contribution in [0.15, 0.2) is 24.5 Å². The maximum Gasteiger partial charge on any atom is 0.407 e. The second-order valence-electron chi connectivity index (χ2n) is 12.9. The molecule has 12 heteroatoms. The fraction of sp³-hybridized carbons (Fsp3) is 0.600. The summed E-state index contributed by atoms with van der Waals surface area (Å²) >= 11 is 0. The molecule has 0 unspecified atom stereocenters. The van der Waals surface area contributed by atoms with E-state index in [1.807, 2.05) is 12.1 Å². The van der Waals surface area contributed by atoms with E-state index < -0.39 is 35.7 Å². The van der Waals surface area contributed by atoms with Crippen molar-refractivity contribution in [2.75, 3.05) is 6.61 Å². The van der Waals surface area contributed by atoms with Crippen LogP contribution in [0.4, 0.5) is 4.79 Å². The summed E-state index contributed by atoms with van der Waals surface area (Å²) in [5.74, 6) is -1.36. The molecule has 1 atom stereocenters. The monoisotopic (exact) mass is 578 g/mol. The molecule has 2 saturated carbocycles. The predicted molar refractivity (Wildman–Crippen MR) is 152 cm³/mol. The number of aliphatic carboxylic acids is 1. The molecule has 3 N–H and O–H groups in total. The molecule has 4 heterocycles. The summed E-state index contributed by atoms with van der Waals surface area (Å²) in [5.41, 5.74) is -0.0846. The van der Waals surface area contributed by atoms with E-state index in [2.05, 4.69) is 45.8 Å². The number of fused-ring (bicyclic) bond motifs is 12. The molecule has 2 aliphatic carbocycles. The van der Waals surface area contributed by atoms with Crippen LogP contribution in [0.2, 0.25) is 0 Å². The van der Waals surface area contributed by atoms with Crippen LogP contribution >= 0.6 is 0 Å². The number of rotatable bonds is 2. The van der Waals surface area contributed by atoms with Gasteiger partial charge in [0.2, 0.25) is 11.8 Å². The van der Waals surface area contributed by atoms with Crippen LogP contribution in [0.25, 0.3) is 16.4 Å². The number of carboxylic acid groups (broad SMARTS) is 1. The zero-order valence-corrected chi connectivity index (χ0v) is 24.1. The third-order valence-corrected chi connectivity index (χ3v) is 9.08. The minimum atomic E-state index is -1.51. The first-order valence-electron chi connectivity index (χ1n) is 14.9. The van der Waals surface area contributed by atoms with Gasteiger partial charge in [0.25, 0.3) is 0 Å². The lowest BCUT2D eigenvalue weighted by molar-refractivity contribution is -0.157. The van der Waals surface area contributed by atoms with Crippen LogP contribution in [0.1, 0.15) is 77.2 Å². The number of carboxylic acids is 1. The lowest BCUT2D eigenvalue weighted by Crippen LogP contribution is -2.68. The molecule has 2 fully saturated rings. The molecule has 0 spiro atoms. The van der Waals surface area contributed by atoms with E-state index in [4.69, 9.17) is 9.47 Å². The molecule has 42 heavy (non-hydrogen) atoms. The maximum absolute atomic E-state index is 13.6. The minimum absolute atomic E-state index is 0.0627. The number of benzene rings is 1. The topological polar surface area (TPSA) is 157 Å². The van der Waals surface area contributed by atoms with E-state index in [0.717, 1.165) is 67.7 Å². The van der Waals surface area contributed by atoms with Crippen molar-refractivity contribution < 1.29 is 29.0 Å². The summed E-state index contributed by atoms with van der Waals surface area (Å²) < 4.78 is 13.5. The molecular weight excluding hydrogens is 540 g/mol. The lowest BCUT2D eigenvalue weighted by atomic mass is 9.73. The first-order valence-corrected chi connectivity index (χ1v) is 14.9. The van der Waals surface area contributed by atoms with Gasteiger partial charge in [-0.05, 0) is 55.1 Å². The van der Waals surface area contributed by atoms with Crippen LogP contribution in [0.5, 0.6) is 5.88 Å². The number of nitrogens with one attached hydrogen (secondary N) is 2. The predicted octanol–water partition coefficient (Wildman–Crippen LogP) is 3.80. The molecule has 4 aliphatic rings. The summed E-state index contributed by atoms with van der Waals surface area (Å²) in [4.78, 5) is 39.1. The summed E-state index contributed by atoms with van der Waals surface area (Å²) in [6.45, 7) is 4.30. The Morgan fingerprint density at radius 3 is 2.64 bits per heavy atom. The molecule has 1 aromatic carbocycles. The SMILES string of the molecule is CC1(C)CCCc2ccc3c(c2)c(nn2cnnc32)OC2CC(C(=O)O)(C2)NC(=O)[C@H](C2CCCCC2)NC(=O)OC1. The largest absolute Gasteiger partial charge is 0.480 e. The Morgan fingerprint density at radius 1 is 1.10 bits per heavy atom. The fourth-order valence-electron chi connectivity index (χ4n) is 6.58. The van der Waals surface area contributed by atoms with Crippen molar-refractivity contribution in [1.82, 2.24) is 30.4 Å². The molecule has 2 amide bonds. The number of aryl methyl sites for hydroxylation is 1. The summed E-state index contributed by atoms with van der Waals surface area (Å²) in [5, 5.41) is 30.2. The van der Waals surface area contributed by atoms with E-state index in [1.165, 1.54) is 6.33 Å². The highest BCUT2D eigenvalue weighted by Gasteiger charge is 2.54. The lowest BCUT2D eigenvalue weighted by Gasteiger charge is -2.45. The van der Waals surface area contributed by atoms with Crippen molar-refractivity contribution in [3.8, 4) is 5.88 Å². The van der Waals surface area contributed by atoms with Crippen molar-refractivity contribution in [3.05, 3.63) is 30.1 Å². The van der Waals surface area contributed by atoms with Gasteiger partial charge < -0.3 is 25.2 Å². The second kappa shape index (κ2) is 11.0.